The first-order valence-electron chi connectivity index (χ1n) is 6.40. The molecule has 1 amide bonds. The first-order valence-corrected chi connectivity index (χ1v) is 7.46. The maximum absolute atomic E-state index is 11.4. The van der Waals surface area contributed by atoms with Gasteiger partial charge in [-0.1, -0.05) is 0 Å². The largest absolute Gasteiger partial charge is 0.477 e. The molecule has 0 aromatic carbocycles. The van der Waals surface area contributed by atoms with Crippen LogP contribution in [0.25, 0.3) is 0 Å². The quantitative estimate of drug-likeness (QED) is 0.666. The molecule has 1 aliphatic rings. The summed E-state index contributed by atoms with van der Waals surface area (Å²) in [5.41, 5.74) is 0.309. The van der Waals surface area contributed by atoms with Gasteiger partial charge in [-0.25, -0.2) is 13.0 Å². The Morgan fingerprint density at radius 2 is 1.95 bits per heavy atom. The Hall–Kier alpha value is -1.71. The molecule has 116 valence electrons. The number of aromatic carboxylic acids is 1. The lowest BCUT2D eigenvalue weighted by atomic mass is 9.89. The standard InChI is InChI=1S/C12H16N2O6S/c15-7-10(16)13-4-1-8(2-5-13)9-3-6-14(21(19)20)11(9)12(17)18/h3,6,8,15H,1-2,4-5,7H2,(H,17,18)(H,19,20). The number of hydrogen-bond donors (Lipinski definition) is 3. The van der Waals surface area contributed by atoms with E-state index in [4.69, 9.17) is 9.66 Å². The number of aromatic nitrogens is 1. The van der Waals surface area contributed by atoms with E-state index < -0.39 is 23.8 Å². The molecule has 0 saturated carbocycles. The SMILES string of the molecule is O=C(O)c1c(C2CCN(C(=O)CO)CC2)ccn1S(=O)O. The van der Waals surface area contributed by atoms with Crippen LogP contribution in [0.5, 0.6) is 0 Å². The third-order valence-corrected chi connectivity index (χ3v) is 4.32. The normalized spacial score (nSPS) is 17.7. The van der Waals surface area contributed by atoms with Gasteiger partial charge in [0.05, 0.1) is 0 Å². The molecule has 1 aliphatic heterocycles. The summed E-state index contributed by atoms with van der Waals surface area (Å²) in [6.45, 7) is 0.317. The molecule has 3 N–H and O–H groups in total. The van der Waals surface area contributed by atoms with Crippen molar-refractivity contribution in [2.75, 3.05) is 19.7 Å². The summed E-state index contributed by atoms with van der Waals surface area (Å²) in [6, 6.07) is 1.53. The Balaban J connectivity index is 2.19. The molecule has 1 saturated heterocycles. The van der Waals surface area contributed by atoms with Crippen LogP contribution >= 0.6 is 0 Å². The molecule has 0 spiro atoms. The zero-order valence-electron chi connectivity index (χ0n) is 11.1. The molecule has 21 heavy (non-hydrogen) atoms. The van der Waals surface area contributed by atoms with Crippen LogP contribution in [0.1, 0.15) is 34.8 Å². The van der Waals surface area contributed by atoms with Crippen molar-refractivity contribution in [2.45, 2.75) is 18.8 Å². The van der Waals surface area contributed by atoms with E-state index in [2.05, 4.69) is 0 Å². The Bertz CT molecular complexity index is 576. The van der Waals surface area contributed by atoms with Crippen molar-refractivity contribution in [1.82, 2.24) is 8.87 Å². The van der Waals surface area contributed by atoms with E-state index in [1.165, 1.54) is 17.2 Å². The maximum Gasteiger partial charge on any atom is 0.353 e. The van der Waals surface area contributed by atoms with Crippen molar-refractivity contribution < 1.29 is 28.6 Å². The Morgan fingerprint density at radius 3 is 2.43 bits per heavy atom. The highest BCUT2D eigenvalue weighted by Crippen LogP contribution is 2.31. The Morgan fingerprint density at radius 1 is 1.33 bits per heavy atom. The monoisotopic (exact) mass is 316 g/mol. The molecule has 0 bridgehead atoms. The molecule has 1 aromatic heterocycles. The van der Waals surface area contributed by atoms with Gasteiger partial charge in [0.25, 0.3) is 11.3 Å². The van der Waals surface area contributed by atoms with E-state index in [1.54, 1.807) is 0 Å². The minimum atomic E-state index is -2.42. The first-order chi connectivity index (χ1) is 9.95. The van der Waals surface area contributed by atoms with Crippen LogP contribution in [0.15, 0.2) is 12.3 Å². The number of carboxylic acid groups (broad SMARTS) is 1. The zero-order valence-corrected chi connectivity index (χ0v) is 12.0. The number of nitrogens with zero attached hydrogens (tertiary/aromatic N) is 2. The van der Waals surface area contributed by atoms with Crippen LogP contribution in [0.4, 0.5) is 0 Å². The minimum absolute atomic E-state index is 0.0938. The average Bonchev–Trinajstić information content (AvgIpc) is 2.91. The first kappa shape index (κ1) is 15.7. The number of rotatable bonds is 4. The summed E-state index contributed by atoms with van der Waals surface area (Å²) in [4.78, 5) is 24.2. The van der Waals surface area contributed by atoms with E-state index in [0.717, 1.165) is 3.97 Å². The third-order valence-electron chi connectivity index (χ3n) is 3.68. The topological polar surface area (TPSA) is 120 Å². The summed E-state index contributed by atoms with van der Waals surface area (Å²) < 4.78 is 21.0. The fourth-order valence-corrected chi connectivity index (χ4v) is 3.15. The third kappa shape index (κ3) is 3.14. The lowest BCUT2D eigenvalue weighted by molar-refractivity contribution is -0.135. The summed E-state index contributed by atoms with van der Waals surface area (Å²) in [5.74, 6) is -1.70. The molecule has 2 heterocycles. The van der Waals surface area contributed by atoms with Crippen molar-refractivity contribution in [3.05, 3.63) is 23.5 Å². The van der Waals surface area contributed by atoms with E-state index >= 15 is 0 Å². The van der Waals surface area contributed by atoms with Crippen LogP contribution in [-0.4, -0.2) is 59.4 Å². The number of aliphatic hydroxyl groups excluding tert-OH is 1. The second-order valence-electron chi connectivity index (χ2n) is 4.79. The number of piperidine rings is 1. The van der Waals surface area contributed by atoms with Gasteiger partial charge in [-0.05, 0) is 30.4 Å². The Labute approximate surface area is 123 Å². The van der Waals surface area contributed by atoms with Gasteiger partial charge in [-0.15, -0.1) is 0 Å². The van der Waals surface area contributed by atoms with Crippen LogP contribution in [0.2, 0.25) is 0 Å². The highest BCUT2D eigenvalue weighted by atomic mass is 32.2. The summed E-state index contributed by atoms with van der Waals surface area (Å²) in [6.07, 6.45) is 2.38. The highest BCUT2D eigenvalue weighted by molar-refractivity contribution is 7.77. The van der Waals surface area contributed by atoms with Crippen LogP contribution in [0.3, 0.4) is 0 Å². The van der Waals surface area contributed by atoms with Gasteiger partial charge >= 0.3 is 5.97 Å². The van der Waals surface area contributed by atoms with Gasteiger partial charge in [0.2, 0.25) is 5.91 Å². The number of likely N-dealkylation sites (tertiary alicyclic amines) is 1. The molecule has 1 unspecified atom stereocenters. The summed E-state index contributed by atoms with van der Waals surface area (Å²) >= 11 is -2.42. The fourth-order valence-electron chi connectivity index (χ4n) is 2.65. The molecular formula is C12H16N2O6S. The molecule has 8 nitrogen and oxygen atoms in total. The van der Waals surface area contributed by atoms with Gasteiger partial charge in [-0.3, -0.25) is 9.35 Å². The van der Waals surface area contributed by atoms with Crippen LogP contribution < -0.4 is 0 Å². The average molecular weight is 316 g/mol. The lowest BCUT2D eigenvalue weighted by Gasteiger charge is -2.31. The van der Waals surface area contributed by atoms with E-state index in [-0.39, 0.29) is 17.5 Å². The maximum atomic E-state index is 11.4. The highest BCUT2D eigenvalue weighted by Gasteiger charge is 2.29. The molecule has 9 heteroatoms. The van der Waals surface area contributed by atoms with E-state index in [1.807, 2.05) is 0 Å². The van der Waals surface area contributed by atoms with Gasteiger partial charge in [0.15, 0.2) is 0 Å². The van der Waals surface area contributed by atoms with Gasteiger partial charge in [-0.2, -0.15) is 0 Å². The predicted octanol–water partition coefficient (Wildman–Crippen LogP) is -0.131. The summed E-state index contributed by atoms with van der Waals surface area (Å²) in [7, 11) is 0. The van der Waals surface area contributed by atoms with Crippen LogP contribution in [0, 0.1) is 0 Å². The van der Waals surface area contributed by atoms with E-state index in [0.29, 0.717) is 31.5 Å². The predicted molar refractivity (Wildman–Crippen MR) is 73.2 cm³/mol. The zero-order chi connectivity index (χ0) is 15.6. The second kappa shape index (κ2) is 6.37. The van der Waals surface area contributed by atoms with Crippen molar-refractivity contribution >= 4 is 23.1 Å². The molecule has 2 rings (SSSR count). The molecule has 1 fully saturated rings. The van der Waals surface area contributed by atoms with Gasteiger partial charge in [0, 0.05) is 19.3 Å². The van der Waals surface area contributed by atoms with Gasteiger partial charge in [0.1, 0.15) is 12.3 Å². The number of hydrogen-bond acceptors (Lipinski definition) is 4. The summed E-state index contributed by atoms with van der Waals surface area (Å²) in [5, 5.41) is 18.0. The molecule has 1 atom stereocenters. The van der Waals surface area contributed by atoms with Crippen molar-refractivity contribution in [2.24, 2.45) is 0 Å². The smallest absolute Gasteiger partial charge is 0.353 e. The number of aliphatic hydroxyl groups is 1. The van der Waals surface area contributed by atoms with Crippen molar-refractivity contribution in [3.63, 3.8) is 0 Å². The molecule has 0 aliphatic carbocycles. The lowest BCUT2D eigenvalue weighted by Crippen LogP contribution is -2.39. The fraction of sp³-hybridized carbons (Fsp3) is 0.500. The Kier molecular flexibility index (Phi) is 4.76. The molecule has 0 radical (unpaired) electrons. The molecule has 1 aromatic rings. The number of carbonyl (C=O) groups is 2. The minimum Gasteiger partial charge on any atom is -0.477 e. The van der Waals surface area contributed by atoms with Gasteiger partial charge < -0.3 is 15.1 Å². The molecular weight excluding hydrogens is 300 g/mol. The second-order valence-corrected chi connectivity index (χ2v) is 5.65. The number of carbonyl (C=O) groups excluding carboxylic acids is 1. The number of carboxylic acids is 1. The van der Waals surface area contributed by atoms with Crippen molar-refractivity contribution in [3.8, 4) is 0 Å². The van der Waals surface area contributed by atoms with Crippen LogP contribution in [-0.2, 0) is 16.1 Å². The number of amides is 1. The van der Waals surface area contributed by atoms with Crippen molar-refractivity contribution in [1.29, 1.82) is 0 Å². The van der Waals surface area contributed by atoms with E-state index in [9.17, 15) is 18.9 Å².